The van der Waals surface area contributed by atoms with Crippen LogP contribution in [0.5, 0.6) is 5.75 Å². The van der Waals surface area contributed by atoms with Gasteiger partial charge in [-0.25, -0.2) is 0 Å². The lowest BCUT2D eigenvalue weighted by Gasteiger charge is -2.31. The first-order chi connectivity index (χ1) is 15.9. The van der Waals surface area contributed by atoms with Crippen molar-refractivity contribution in [3.05, 3.63) is 100 Å². The maximum Gasteiger partial charge on any atom is 0.261 e. The molecule has 3 rings (SSSR count). The van der Waals surface area contributed by atoms with Crippen molar-refractivity contribution >= 4 is 23.4 Å². The number of carbonyl (C=O) groups excluding carboxylic acids is 2. The summed E-state index contributed by atoms with van der Waals surface area (Å²) in [6.45, 7) is 4.03. The maximum atomic E-state index is 13.4. The van der Waals surface area contributed by atoms with Crippen LogP contribution in [0.15, 0.2) is 72.8 Å². The molecule has 1 N–H and O–H groups in total. The van der Waals surface area contributed by atoms with Gasteiger partial charge in [0, 0.05) is 25.0 Å². The van der Waals surface area contributed by atoms with Crippen molar-refractivity contribution in [2.75, 3.05) is 13.7 Å². The first-order valence-corrected chi connectivity index (χ1v) is 11.2. The van der Waals surface area contributed by atoms with Gasteiger partial charge in [-0.05, 0) is 54.3 Å². The van der Waals surface area contributed by atoms with Crippen molar-refractivity contribution < 1.29 is 14.3 Å². The van der Waals surface area contributed by atoms with E-state index < -0.39 is 6.04 Å². The highest BCUT2D eigenvalue weighted by molar-refractivity contribution is 6.31. The summed E-state index contributed by atoms with van der Waals surface area (Å²) >= 11 is 6.39. The molecule has 2 amide bonds. The molecule has 0 saturated carbocycles. The van der Waals surface area contributed by atoms with Crippen molar-refractivity contribution in [3.63, 3.8) is 0 Å². The normalized spacial score (nSPS) is 11.5. The molecular weight excluding hydrogens is 436 g/mol. The van der Waals surface area contributed by atoms with Gasteiger partial charge in [-0.3, -0.25) is 9.59 Å². The van der Waals surface area contributed by atoms with Gasteiger partial charge >= 0.3 is 0 Å². The average molecular weight is 465 g/mol. The molecule has 0 bridgehead atoms. The van der Waals surface area contributed by atoms with Crippen LogP contribution in [0.1, 0.15) is 22.3 Å². The van der Waals surface area contributed by atoms with Gasteiger partial charge in [0.25, 0.3) is 5.91 Å². The van der Waals surface area contributed by atoms with E-state index in [0.717, 1.165) is 22.3 Å². The van der Waals surface area contributed by atoms with E-state index in [1.54, 1.807) is 18.0 Å². The van der Waals surface area contributed by atoms with E-state index in [1.165, 1.54) is 0 Å². The number of nitrogens with one attached hydrogen (secondary N) is 1. The molecule has 0 unspecified atom stereocenters. The van der Waals surface area contributed by atoms with E-state index >= 15 is 0 Å². The molecule has 3 aromatic carbocycles. The van der Waals surface area contributed by atoms with Crippen molar-refractivity contribution in [2.24, 2.45) is 0 Å². The summed E-state index contributed by atoms with van der Waals surface area (Å²) < 4.78 is 5.81. The lowest BCUT2D eigenvalue weighted by molar-refractivity contribution is -0.142. The molecule has 0 aliphatic carbocycles. The van der Waals surface area contributed by atoms with E-state index in [9.17, 15) is 9.59 Å². The van der Waals surface area contributed by atoms with Crippen LogP contribution in [0.25, 0.3) is 0 Å². The highest BCUT2D eigenvalue weighted by Crippen LogP contribution is 2.21. The van der Waals surface area contributed by atoms with Crippen LogP contribution >= 0.6 is 11.6 Å². The standard InChI is InChI=1S/C27H29ClN2O3/c1-19-13-14-23(15-20(19)2)33-18-26(31)30(17-22-11-7-8-12-24(22)28)25(27(32)29-3)16-21-9-5-4-6-10-21/h4-15,25H,16-18H2,1-3H3,(H,29,32)/t25-/m0/s1. The summed E-state index contributed by atoms with van der Waals surface area (Å²) in [5, 5.41) is 3.24. The van der Waals surface area contributed by atoms with Gasteiger partial charge < -0.3 is 15.0 Å². The summed E-state index contributed by atoms with van der Waals surface area (Å²) in [5.41, 5.74) is 3.95. The fourth-order valence-electron chi connectivity index (χ4n) is 3.56. The lowest BCUT2D eigenvalue weighted by Crippen LogP contribution is -2.51. The molecule has 0 fully saturated rings. The number of halogens is 1. The van der Waals surface area contributed by atoms with Crippen LogP contribution < -0.4 is 10.1 Å². The van der Waals surface area contributed by atoms with E-state index in [1.807, 2.05) is 80.6 Å². The number of hydrogen-bond acceptors (Lipinski definition) is 3. The maximum absolute atomic E-state index is 13.4. The van der Waals surface area contributed by atoms with Gasteiger partial charge in [0.05, 0.1) is 0 Å². The van der Waals surface area contributed by atoms with Crippen molar-refractivity contribution in [3.8, 4) is 5.75 Å². The number of aryl methyl sites for hydroxylation is 2. The fraction of sp³-hybridized carbons (Fsp3) is 0.259. The third-order valence-corrected chi connectivity index (χ3v) is 6.03. The smallest absolute Gasteiger partial charge is 0.261 e. The Labute approximate surface area is 200 Å². The van der Waals surface area contributed by atoms with Crippen LogP contribution in [0.4, 0.5) is 0 Å². The second-order valence-corrected chi connectivity index (χ2v) is 8.37. The first kappa shape index (κ1) is 24.3. The number of benzene rings is 3. The summed E-state index contributed by atoms with van der Waals surface area (Å²) in [4.78, 5) is 27.9. The molecule has 33 heavy (non-hydrogen) atoms. The fourth-order valence-corrected chi connectivity index (χ4v) is 3.76. The third-order valence-electron chi connectivity index (χ3n) is 5.66. The molecule has 172 valence electrons. The van der Waals surface area contributed by atoms with Crippen molar-refractivity contribution in [1.82, 2.24) is 10.2 Å². The zero-order valence-electron chi connectivity index (χ0n) is 19.2. The second kappa shape index (κ2) is 11.5. The van der Waals surface area contributed by atoms with Crippen LogP contribution in [0.3, 0.4) is 0 Å². The van der Waals surface area contributed by atoms with Crippen molar-refractivity contribution in [1.29, 1.82) is 0 Å². The molecule has 5 nitrogen and oxygen atoms in total. The molecule has 0 saturated heterocycles. The zero-order valence-corrected chi connectivity index (χ0v) is 19.9. The minimum Gasteiger partial charge on any atom is -0.484 e. The quantitative estimate of drug-likeness (QED) is 0.498. The topological polar surface area (TPSA) is 58.6 Å². The second-order valence-electron chi connectivity index (χ2n) is 7.97. The van der Waals surface area contributed by atoms with E-state index in [4.69, 9.17) is 16.3 Å². The van der Waals surface area contributed by atoms with Crippen LogP contribution in [0, 0.1) is 13.8 Å². The number of carbonyl (C=O) groups is 2. The molecule has 1 atom stereocenters. The number of amides is 2. The minimum absolute atomic E-state index is 0.185. The molecule has 0 aliphatic rings. The highest BCUT2D eigenvalue weighted by Gasteiger charge is 2.30. The SMILES string of the molecule is CNC(=O)[C@H](Cc1ccccc1)N(Cc1ccccc1Cl)C(=O)COc1ccc(C)c(C)c1. The Kier molecular flexibility index (Phi) is 8.50. The number of ether oxygens (including phenoxy) is 1. The number of likely N-dealkylation sites (N-methyl/N-ethyl adjacent to an activating group) is 1. The number of nitrogens with zero attached hydrogens (tertiary/aromatic N) is 1. The Bertz CT molecular complexity index is 1100. The lowest BCUT2D eigenvalue weighted by atomic mass is 10.0. The zero-order chi connectivity index (χ0) is 23.8. The Morgan fingerprint density at radius 3 is 2.33 bits per heavy atom. The number of hydrogen-bond donors (Lipinski definition) is 1. The highest BCUT2D eigenvalue weighted by atomic mass is 35.5. The van der Waals surface area contributed by atoms with Gasteiger partial charge in [0.15, 0.2) is 6.61 Å². The molecule has 3 aromatic rings. The largest absolute Gasteiger partial charge is 0.484 e. The molecular formula is C27H29ClN2O3. The van der Waals surface area contributed by atoms with Crippen LogP contribution in [0.2, 0.25) is 5.02 Å². The van der Waals surface area contributed by atoms with Gasteiger partial charge in [0.1, 0.15) is 11.8 Å². The Morgan fingerprint density at radius 1 is 0.970 bits per heavy atom. The first-order valence-electron chi connectivity index (χ1n) is 10.9. The Balaban J connectivity index is 1.88. The monoisotopic (exact) mass is 464 g/mol. The average Bonchev–Trinajstić information content (AvgIpc) is 2.83. The summed E-state index contributed by atoms with van der Waals surface area (Å²) in [7, 11) is 1.57. The summed E-state index contributed by atoms with van der Waals surface area (Å²) in [5.74, 6) is 0.0758. The van der Waals surface area contributed by atoms with Gasteiger partial charge in [-0.1, -0.05) is 66.2 Å². The van der Waals surface area contributed by atoms with Crippen LogP contribution in [-0.4, -0.2) is 36.4 Å². The molecule has 0 aliphatic heterocycles. The van der Waals surface area contributed by atoms with Crippen LogP contribution in [-0.2, 0) is 22.6 Å². The van der Waals surface area contributed by atoms with Gasteiger partial charge in [-0.15, -0.1) is 0 Å². The van der Waals surface area contributed by atoms with E-state index in [2.05, 4.69) is 5.32 Å². The summed E-state index contributed by atoms with van der Waals surface area (Å²) in [6.07, 6.45) is 0.375. The molecule has 0 aromatic heterocycles. The summed E-state index contributed by atoms with van der Waals surface area (Å²) in [6, 6.07) is 22.0. The van der Waals surface area contributed by atoms with E-state index in [0.29, 0.717) is 17.2 Å². The predicted molar refractivity (Wildman–Crippen MR) is 131 cm³/mol. The van der Waals surface area contributed by atoms with Gasteiger partial charge in [-0.2, -0.15) is 0 Å². The van der Waals surface area contributed by atoms with E-state index in [-0.39, 0.29) is 25.0 Å². The molecule has 0 heterocycles. The predicted octanol–water partition coefficient (Wildman–Crippen LogP) is 4.72. The molecule has 0 spiro atoms. The third kappa shape index (κ3) is 6.59. The molecule has 0 radical (unpaired) electrons. The number of rotatable bonds is 9. The minimum atomic E-state index is -0.718. The Hall–Kier alpha value is -3.31. The Morgan fingerprint density at radius 2 is 1.67 bits per heavy atom. The molecule has 6 heteroatoms. The van der Waals surface area contributed by atoms with Gasteiger partial charge in [0.2, 0.25) is 5.91 Å². The van der Waals surface area contributed by atoms with Crippen molar-refractivity contribution in [2.45, 2.75) is 32.9 Å².